The Morgan fingerprint density at radius 2 is 1.67 bits per heavy atom. The zero-order valence-corrected chi connectivity index (χ0v) is 17.4. The highest BCUT2D eigenvalue weighted by Gasteiger charge is 2.24. The lowest BCUT2D eigenvalue weighted by Crippen LogP contribution is -2.42. The standard InChI is InChI=1S/C24H27NO5/c1-16(2)13-20(24(28)29)25-23(27)18(14-17-9-5-4-6-10-17)15-21(26)19-11-7-8-12-22(19)30-3/h4-12,14,16,20H,13,15H2,1-3H3,(H,25,27)(H,28,29)/b18-14-. The number of rotatable bonds is 10. The normalized spacial score (nSPS) is 12.3. The summed E-state index contributed by atoms with van der Waals surface area (Å²) in [6.07, 6.45) is 1.71. The number of benzene rings is 2. The molecule has 30 heavy (non-hydrogen) atoms. The third kappa shape index (κ3) is 6.58. The second-order valence-electron chi connectivity index (χ2n) is 7.37. The summed E-state index contributed by atoms with van der Waals surface area (Å²) < 4.78 is 5.25. The van der Waals surface area contributed by atoms with Gasteiger partial charge in [-0.2, -0.15) is 0 Å². The second-order valence-corrected chi connectivity index (χ2v) is 7.37. The van der Waals surface area contributed by atoms with Gasteiger partial charge in [-0.05, 0) is 36.1 Å². The van der Waals surface area contributed by atoms with Gasteiger partial charge in [0.15, 0.2) is 5.78 Å². The van der Waals surface area contributed by atoms with Crippen molar-refractivity contribution in [1.82, 2.24) is 5.32 Å². The van der Waals surface area contributed by atoms with E-state index in [2.05, 4.69) is 5.32 Å². The summed E-state index contributed by atoms with van der Waals surface area (Å²) >= 11 is 0. The van der Waals surface area contributed by atoms with Crippen molar-refractivity contribution >= 4 is 23.7 Å². The van der Waals surface area contributed by atoms with E-state index in [0.29, 0.717) is 17.7 Å². The Hall–Kier alpha value is -3.41. The maximum absolute atomic E-state index is 12.9. The highest BCUT2D eigenvalue weighted by molar-refractivity contribution is 6.08. The van der Waals surface area contributed by atoms with Crippen molar-refractivity contribution in [1.29, 1.82) is 0 Å². The molecule has 1 unspecified atom stereocenters. The van der Waals surface area contributed by atoms with Gasteiger partial charge in [0.25, 0.3) is 0 Å². The Balaban J connectivity index is 2.33. The minimum Gasteiger partial charge on any atom is -0.496 e. The molecule has 0 bridgehead atoms. The molecule has 0 aliphatic carbocycles. The number of nitrogens with one attached hydrogen (secondary N) is 1. The van der Waals surface area contributed by atoms with Crippen LogP contribution in [0.25, 0.3) is 6.08 Å². The molecule has 2 aromatic rings. The van der Waals surface area contributed by atoms with Crippen molar-refractivity contribution in [2.45, 2.75) is 32.7 Å². The number of methoxy groups -OCH3 is 1. The van der Waals surface area contributed by atoms with Crippen LogP contribution in [0.15, 0.2) is 60.2 Å². The van der Waals surface area contributed by atoms with E-state index in [0.717, 1.165) is 5.56 Å². The summed E-state index contributed by atoms with van der Waals surface area (Å²) in [6.45, 7) is 3.77. The first-order chi connectivity index (χ1) is 14.3. The summed E-state index contributed by atoms with van der Waals surface area (Å²) in [6, 6.07) is 14.9. The molecule has 2 aromatic carbocycles. The quantitative estimate of drug-likeness (QED) is 0.458. The minimum absolute atomic E-state index is 0.0863. The average Bonchev–Trinajstić information content (AvgIpc) is 2.72. The molecule has 0 heterocycles. The number of aliphatic carboxylic acids is 1. The molecule has 158 valence electrons. The SMILES string of the molecule is COc1ccccc1C(=O)C/C(=C/c1ccccc1)C(=O)NC(CC(C)C)C(=O)O. The molecule has 0 saturated heterocycles. The Labute approximate surface area is 176 Å². The fraction of sp³-hybridized carbons (Fsp3) is 0.292. The van der Waals surface area contributed by atoms with E-state index < -0.39 is 17.9 Å². The molecule has 0 spiro atoms. The van der Waals surface area contributed by atoms with Crippen LogP contribution in [0.1, 0.15) is 42.6 Å². The van der Waals surface area contributed by atoms with Crippen LogP contribution >= 0.6 is 0 Å². The summed E-state index contributed by atoms with van der Waals surface area (Å²) in [5.41, 5.74) is 1.29. The molecule has 2 N–H and O–H groups in total. The van der Waals surface area contributed by atoms with Gasteiger partial charge in [-0.25, -0.2) is 4.79 Å². The molecule has 0 radical (unpaired) electrons. The largest absolute Gasteiger partial charge is 0.496 e. The lowest BCUT2D eigenvalue weighted by atomic mass is 9.98. The molecule has 0 fully saturated rings. The van der Waals surface area contributed by atoms with Crippen LogP contribution in [0.3, 0.4) is 0 Å². The molecule has 1 amide bonds. The van der Waals surface area contributed by atoms with Gasteiger partial charge in [-0.15, -0.1) is 0 Å². The Kier molecular flexibility index (Phi) is 8.35. The number of ether oxygens (including phenoxy) is 1. The van der Waals surface area contributed by atoms with Crippen LogP contribution in [0, 0.1) is 5.92 Å². The van der Waals surface area contributed by atoms with E-state index in [1.165, 1.54) is 7.11 Å². The summed E-state index contributed by atoms with van der Waals surface area (Å²) in [7, 11) is 1.48. The zero-order valence-electron chi connectivity index (χ0n) is 17.4. The lowest BCUT2D eigenvalue weighted by molar-refractivity contribution is -0.141. The van der Waals surface area contributed by atoms with Gasteiger partial charge in [0.1, 0.15) is 11.8 Å². The molecule has 0 saturated carbocycles. The molecule has 6 nitrogen and oxygen atoms in total. The molecule has 1 atom stereocenters. The summed E-state index contributed by atoms with van der Waals surface area (Å²) in [4.78, 5) is 37.4. The molecular weight excluding hydrogens is 382 g/mol. The highest BCUT2D eigenvalue weighted by atomic mass is 16.5. The van der Waals surface area contributed by atoms with Crippen molar-refractivity contribution in [2.75, 3.05) is 7.11 Å². The number of carbonyl (C=O) groups excluding carboxylic acids is 2. The van der Waals surface area contributed by atoms with Gasteiger partial charge in [0, 0.05) is 12.0 Å². The number of hydrogen-bond donors (Lipinski definition) is 2. The fourth-order valence-electron chi connectivity index (χ4n) is 3.03. The highest BCUT2D eigenvalue weighted by Crippen LogP contribution is 2.22. The third-order valence-corrected chi connectivity index (χ3v) is 4.50. The first-order valence-electron chi connectivity index (χ1n) is 9.77. The first kappa shape index (κ1) is 22.9. The molecule has 0 aliphatic rings. The Morgan fingerprint density at radius 3 is 2.27 bits per heavy atom. The van der Waals surface area contributed by atoms with Crippen LogP contribution in [0.4, 0.5) is 0 Å². The molecule has 2 rings (SSSR count). The fourth-order valence-corrected chi connectivity index (χ4v) is 3.03. The summed E-state index contributed by atoms with van der Waals surface area (Å²) in [5, 5.41) is 12.0. The number of amides is 1. The van der Waals surface area contributed by atoms with Crippen LogP contribution in [-0.2, 0) is 9.59 Å². The topological polar surface area (TPSA) is 92.7 Å². The van der Waals surface area contributed by atoms with Gasteiger partial charge in [0.2, 0.25) is 5.91 Å². The van der Waals surface area contributed by atoms with Crippen LogP contribution < -0.4 is 10.1 Å². The molecule has 6 heteroatoms. The number of Topliss-reactive ketones (excluding diaryl/α,β-unsaturated/α-hetero) is 1. The van der Waals surface area contributed by atoms with Gasteiger partial charge in [-0.3, -0.25) is 9.59 Å². The Morgan fingerprint density at radius 1 is 1.03 bits per heavy atom. The van der Waals surface area contributed by atoms with E-state index in [1.54, 1.807) is 30.3 Å². The monoisotopic (exact) mass is 409 g/mol. The zero-order chi connectivity index (χ0) is 22.1. The van der Waals surface area contributed by atoms with Crippen molar-refractivity contribution < 1.29 is 24.2 Å². The van der Waals surface area contributed by atoms with E-state index in [-0.39, 0.29) is 23.7 Å². The smallest absolute Gasteiger partial charge is 0.326 e. The van der Waals surface area contributed by atoms with E-state index in [9.17, 15) is 19.5 Å². The van der Waals surface area contributed by atoms with Crippen molar-refractivity contribution in [3.05, 3.63) is 71.3 Å². The second kappa shape index (κ2) is 11.0. The number of ketones is 1. The lowest BCUT2D eigenvalue weighted by Gasteiger charge is -2.18. The average molecular weight is 409 g/mol. The summed E-state index contributed by atoms with van der Waals surface area (Å²) in [5.74, 6) is -1.46. The van der Waals surface area contributed by atoms with E-state index in [4.69, 9.17) is 4.74 Å². The number of para-hydroxylation sites is 1. The van der Waals surface area contributed by atoms with Gasteiger partial charge in [0.05, 0.1) is 12.7 Å². The van der Waals surface area contributed by atoms with Crippen molar-refractivity contribution in [3.8, 4) is 5.75 Å². The first-order valence-corrected chi connectivity index (χ1v) is 9.77. The van der Waals surface area contributed by atoms with Gasteiger partial charge < -0.3 is 15.2 Å². The number of hydrogen-bond acceptors (Lipinski definition) is 4. The van der Waals surface area contributed by atoms with E-state index >= 15 is 0 Å². The predicted molar refractivity (Wildman–Crippen MR) is 115 cm³/mol. The van der Waals surface area contributed by atoms with Gasteiger partial charge in [-0.1, -0.05) is 56.3 Å². The number of carboxylic acid groups (broad SMARTS) is 1. The predicted octanol–water partition coefficient (Wildman–Crippen LogP) is 3.97. The van der Waals surface area contributed by atoms with E-state index in [1.807, 2.05) is 44.2 Å². The van der Waals surface area contributed by atoms with Crippen molar-refractivity contribution in [3.63, 3.8) is 0 Å². The molecular formula is C24H27NO5. The van der Waals surface area contributed by atoms with Crippen molar-refractivity contribution in [2.24, 2.45) is 5.92 Å². The minimum atomic E-state index is -1.10. The maximum Gasteiger partial charge on any atom is 0.326 e. The van der Waals surface area contributed by atoms with Crippen LogP contribution in [0.2, 0.25) is 0 Å². The van der Waals surface area contributed by atoms with Crippen LogP contribution in [-0.4, -0.2) is 35.9 Å². The maximum atomic E-state index is 12.9. The number of carboxylic acids is 1. The van der Waals surface area contributed by atoms with Gasteiger partial charge >= 0.3 is 5.97 Å². The molecule has 0 aliphatic heterocycles. The molecule has 0 aromatic heterocycles. The Bertz CT molecular complexity index is 918. The number of carbonyl (C=O) groups is 3. The third-order valence-electron chi connectivity index (χ3n) is 4.50. The van der Waals surface area contributed by atoms with Crippen LogP contribution in [0.5, 0.6) is 5.75 Å².